The SMILES string of the molecule is O=C(COc1ccc(Cl)cc1)N/N=C\c1ccc(OCc2cccc3ccccc23)cc1. The molecule has 32 heavy (non-hydrogen) atoms. The number of hydrazone groups is 1. The summed E-state index contributed by atoms with van der Waals surface area (Å²) in [7, 11) is 0. The van der Waals surface area contributed by atoms with Crippen LogP contribution in [0.2, 0.25) is 5.02 Å². The Morgan fingerprint density at radius 3 is 2.34 bits per heavy atom. The van der Waals surface area contributed by atoms with Gasteiger partial charge in [0, 0.05) is 5.02 Å². The van der Waals surface area contributed by atoms with Crippen LogP contribution in [0.3, 0.4) is 0 Å². The number of benzene rings is 4. The molecular formula is C26H21ClN2O3. The first-order chi connectivity index (χ1) is 15.7. The number of hydrogen-bond acceptors (Lipinski definition) is 4. The predicted octanol–water partition coefficient (Wildman–Crippen LogP) is 5.60. The Hall–Kier alpha value is -3.83. The fourth-order valence-electron chi connectivity index (χ4n) is 3.12. The molecule has 0 radical (unpaired) electrons. The number of nitrogens with one attached hydrogen (secondary N) is 1. The molecule has 1 N–H and O–H groups in total. The average molecular weight is 445 g/mol. The molecule has 0 bridgehead atoms. The summed E-state index contributed by atoms with van der Waals surface area (Å²) in [5.74, 6) is 0.967. The molecule has 0 spiro atoms. The second kappa shape index (κ2) is 10.5. The van der Waals surface area contributed by atoms with Crippen molar-refractivity contribution in [2.75, 3.05) is 6.61 Å². The number of nitrogens with zero attached hydrogens (tertiary/aromatic N) is 1. The van der Waals surface area contributed by atoms with Gasteiger partial charge in [0.15, 0.2) is 6.61 Å². The van der Waals surface area contributed by atoms with Gasteiger partial charge in [0.05, 0.1) is 6.21 Å². The minimum absolute atomic E-state index is 0.139. The van der Waals surface area contributed by atoms with Crippen LogP contribution < -0.4 is 14.9 Å². The van der Waals surface area contributed by atoms with E-state index in [0.717, 1.165) is 16.9 Å². The summed E-state index contributed by atoms with van der Waals surface area (Å²) in [6, 6.07) is 28.7. The van der Waals surface area contributed by atoms with E-state index >= 15 is 0 Å². The van der Waals surface area contributed by atoms with E-state index < -0.39 is 0 Å². The van der Waals surface area contributed by atoms with Crippen LogP contribution in [0.15, 0.2) is 96.1 Å². The first kappa shape index (κ1) is 21.4. The highest BCUT2D eigenvalue weighted by Gasteiger charge is 2.03. The molecule has 0 aromatic heterocycles. The third kappa shape index (κ3) is 5.86. The van der Waals surface area contributed by atoms with Crippen LogP contribution in [-0.4, -0.2) is 18.7 Å². The molecule has 6 heteroatoms. The summed E-state index contributed by atoms with van der Waals surface area (Å²) in [5.41, 5.74) is 4.41. The van der Waals surface area contributed by atoms with Crippen LogP contribution in [0.4, 0.5) is 0 Å². The summed E-state index contributed by atoms with van der Waals surface area (Å²) < 4.78 is 11.3. The number of fused-ring (bicyclic) bond motifs is 1. The highest BCUT2D eigenvalue weighted by Crippen LogP contribution is 2.21. The lowest BCUT2D eigenvalue weighted by atomic mass is 10.1. The fourth-order valence-corrected chi connectivity index (χ4v) is 3.25. The van der Waals surface area contributed by atoms with Crippen molar-refractivity contribution in [3.05, 3.63) is 107 Å². The van der Waals surface area contributed by atoms with Crippen LogP contribution in [0, 0.1) is 0 Å². The number of halogens is 1. The van der Waals surface area contributed by atoms with Crippen molar-refractivity contribution in [2.24, 2.45) is 5.10 Å². The van der Waals surface area contributed by atoms with E-state index in [-0.39, 0.29) is 12.5 Å². The van der Waals surface area contributed by atoms with Gasteiger partial charge in [-0.3, -0.25) is 4.79 Å². The van der Waals surface area contributed by atoms with E-state index in [4.69, 9.17) is 21.1 Å². The maximum absolute atomic E-state index is 11.8. The molecule has 0 saturated carbocycles. The predicted molar refractivity (Wildman–Crippen MR) is 127 cm³/mol. The van der Waals surface area contributed by atoms with Gasteiger partial charge in [-0.15, -0.1) is 0 Å². The Morgan fingerprint density at radius 1 is 0.844 bits per heavy atom. The lowest BCUT2D eigenvalue weighted by Crippen LogP contribution is -2.24. The Labute approximate surface area is 191 Å². The zero-order valence-corrected chi connectivity index (χ0v) is 18.0. The molecule has 0 aliphatic rings. The van der Waals surface area contributed by atoms with E-state index in [1.807, 2.05) is 42.5 Å². The number of hydrogen-bond donors (Lipinski definition) is 1. The maximum atomic E-state index is 11.8. The zero-order valence-electron chi connectivity index (χ0n) is 17.2. The maximum Gasteiger partial charge on any atom is 0.277 e. The molecule has 5 nitrogen and oxygen atoms in total. The quantitative estimate of drug-likeness (QED) is 0.284. The summed E-state index contributed by atoms with van der Waals surface area (Å²) in [5, 5.41) is 6.95. The molecule has 1 amide bonds. The molecule has 160 valence electrons. The Kier molecular flexibility index (Phi) is 7.00. The molecule has 4 aromatic rings. The van der Waals surface area contributed by atoms with Crippen molar-refractivity contribution in [1.82, 2.24) is 5.43 Å². The van der Waals surface area contributed by atoms with Gasteiger partial charge < -0.3 is 9.47 Å². The number of ether oxygens (including phenoxy) is 2. The fraction of sp³-hybridized carbons (Fsp3) is 0.0769. The molecule has 0 saturated heterocycles. The summed E-state index contributed by atoms with van der Waals surface area (Å²) in [4.78, 5) is 11.8. The molecular weight excluding hydrogens is 424 g/mol. The monoisotopic (exact) mass is 444 g/mol. The molecule has 0 aliphatic heterocycles. The molecule has 0 aliphatic carbocycles. The minimum Gasteiger partial charge on any atom is -0.489 e. The van der Waals surface area contributed by atoms with Crippen LogP contribution in [0.1, 0.15) is 11.1 Å². The van der Waals surface area contributed by atoms with Crippen molar-refractivity contribution in [1.29, 1.82) is 0 Å². The van der Waals surface area contributed by atoms with Crippen molar-refractivity contribution < 1.29 is 14.3 Å². The van der Waals surface area contributed by atoms with E-state index in [2.05, 4.69) is 34.8 Å². The zero-order chi connectivity index (χ0) is 22.2. The molecule has 4 rings (SSSR count). The first-order valence-corrected chi connectivity index (χ1v) is 10.4. The van der Waals surface area contributed by atoms with Gasteiger partial charge in [-0.25, -0.2) is 5.43 Å². The van der Waals surface area contributed by atoms with Crippen LogP contribution in [0.5, 0.6) is 11.5 Å². The third-order valence-electron chi connectivity index (χ3n) is 4.74. The van der Waals surface area contributed by atoms with Crippen molar-refractivity contribution in [3.8, 4) is 11.5 Å². The molecule has 0 atom stereocenters. The number of amides is 1. The smallest absolute Gasteiger partial charge is 0.277 e. The molecule has 0 heterocycles. The summed E-state index contributed by atoms with van der Waals surface area (Å²) in [6.45, 7) is 0.346. The lowest BCUT2D eigenvalue weighted by molar-refractivity contribution is -0.123. The largest absolute Gasteiger partial charge is 0.489 e. The van der Waals surface area contributed by atoms with E-state index in [9.17, 15) is 4.79 Å². The van der Waals surface area contributed by atoms with Gasteiger partial charge in [-0.1, -0.05) is 54.1 Å². The van der Waals surface area contributed by atoms with Gasteiger partial charge in [0.25, 0.3) is 5.91 Å². The highest BCUT2D eigenvalue weighted by atomic mass is 35.5. The Bertz CT molecular complexity index is 1220. The third-order valence-corrected chi connectivity index (χ3v) is 4.99. The van der Waals surface area contributed by atoms with Gasteiger partial charge in [0.2, 0.25) is 0 Å². The number of rotatable bonds is 8. The van der Waals surface area contributed by atoms with Gasteiger partial charge in [-0.2, -0.15) is 5.10 Å². The Morgan fingerprint density at radius 2 is 1.53 bits per heavy atom. The van der Waals surface area contributed by atoms with Gasteiger partial charge >= 0.3 is 0 Å². The minimum atomic E-state index is -0.355. The first-order valence-electron chi connectivity index (χ1n) is 10.1. The van der Waals surface area contributed by atoms with E-state index in [1.54, 1.807) is 30.5 Å². The number of carbonyl (C=O) groups is 1. The van der Waals surface area contributed by atoms with Gasteiger partial charge in [-0.05, 0) is 70.4 Å². The molecule has 0 fully saturated rings. The lowest BCUT2D eigenvalue weighted by Gasteiger charge is -2.09. The standard InChI is InChI=1S/C26H21ClN2O3/c27-22-10-14-24(15-11-22)32-18-26(30)29-28-16-19-8-12-23(13-9-19)31-17-21-6-3-5-20-4-1-2-7-25(20)21/h1-16H,17-18H2,(H,29,30)/b28-16-. The average Bonchev–Trinajstić information content (AvgIpc) is 2.83. The second-order valence-corrected chi connectivity index (χ2v) is 7.47. The Balaban J connectivity index is 1.25. The van der Waals surface area contributed by atoms with Crippen molar-refractivity contribution in [2.45, 2.75) is 6.61 Å². The topological polar surface area (TPSA) is 59.9 Å². The number of carbonyl (C=O) groups excluding carboxylic acids is 1. The molecule has 0 unspecified atom stereocenters. The van der Waals surface area contributed by atoms with Crippen LogP contribution >= 0.6 is 11.6 Å². The van der Waals surface area contributed by atoms with Crippen LogP contribution in [-0.2, 0) is 11.4 Å². The highest BCUT2D eigenvalue weighted by molar-refractivity contribution is 6.30. The normalized spacial score (nSPS) is 10.9. The van der Waals surface area contributed by atoms with Crippen molar-refractivity contribution in [3.63, 3.8) is 0 Å². The molecule has 4 aromatic carbocycles. The summed E-state index contributed by atoms with van der Waals surface area (Å²) in [6.07, 6.45) is 1.56. The van der Waals surface area contributed by atoms with E-state index in [1.165, 1.54) is 10.8 Å². The van der Waals surface area contributed by atoms with Crippen LogP contribution in [0.25, 0.3) is 10.8 Å². The van der Waals surface area contributed by atoms with Crippen molar-refractivity contribution >= 4 is 34.5 Å². The van der Waals surface area contributed by atoms with Gasteiger partial charge in [0.1, 0.15) is 18.1 Å². The summed E-state index contributed by atoms with van der Waals surface area (Å²) >= 11 is 5.82. The van der Waals surface area contributed by atoms with E-state index in [0.29, 0.717) is 17.4 Å². The second-order valence-electron chi connectivity index (χ2n) is 7.03.